The van der Waals surface area contributed by atoms with Crippen LogP contribution in [0, 0.1) is 6.92 Å². The number of aromatic nitrogens is 1. The molecule has 0 saturated heterocycles. The molecule has 0 N–H and O–H groups in total. The smallest absolute Gasteiger partial charge is 0.313 e. The van der Waals surface area contributed by atoms with Crippen LogP contribution in [0.5, 0.6) is 0 Å². The number of hydrogen-bond donors (Lipinski definition) is 0. The van der Waals surface area contributed by atoms with Gasteiger partial charge in [-0.3, -0.25) is 4.79 Å². The van der Waals surface area contributed by atoms with Gasteiger partial charge in [-0.1, -0.05) is 48.0 Å². The first-order valence-corrected chi connectivity index (χ1v) is 8.91. The Morgan fingerprint density at radius 1 is 1.24 bits per heavy atom. The molecule has 128 valence electrons. The van der Waals surface area contributed by atoms with E-state index in [1.54, 1.807) is 0 Å². The minimum Gasteiger partial charge on any atom is -0.469 e. The number of nitrogens with zero attached hydrogens (tertiary/aromatic N) is 1. The van der Waals surface area contributed by atoms with E-state index in [4.69, 9.17) is 16.3 Å². The van der Waals surface area contributed by atoms with Crippen molar-refractivity contribution in [3.63, 3.8) is 0 Å². The highest BCUT2D eigenvalue weighted by atomic mass is 35.5. The molecule has 4 rings (SSSR count). The Hall–Kier alpha value is -2.26. The molecule has 0 aliphatic heterocycles. The zero-order valence-corrected chi connectivity index (χ0v) is 15.1. The summed E-state index contributed by atoms with van der Waals surface area (Å²) in [7, 11) is 1.46. The summed E-state index contributed by atoms with van der Waals surface area (Å²) >= 11 is 6.59. The van der Waals surface area contributed by atoms with E-state index in [1.807, 2.05) is 30.3 Å². The van der Waals surface area contributed by atoms with E-state index in [0.29, 0.717) is 0 Å². The molecule has 0 radical (unpaired) electrons. The summed E-state index contributed by atoms with van der Waals surface area (Å²) in [6.45, 7) is 2.84. The van der Waals surface area contributed by atoms with Gasteiger partial charge in [-0.2, -0.15) is 0 Å². The molecule has 4 heteroatoms. The summed E-state index contributed by atoms with van der Waals surface area (Å²) < 4.78 is 7.35. The van der Waals surface area contributed by atoms with E-state index >= 15 is 0 Å². The van der Waals surface area contributed by atoms with Crippen LogP contribution in [0.4, 0.5) is 0 Å². The zero-order valence-electron chi connectivity index (χ0n) is 14.4. The lowest BCUT2D eigenvalue weighted by atomic mass is 9.97. The number of halogens is 1. The van der Waals surface area contributed by atoms with Crippen molar-refractivity contribution in [2.45, 2.75) is 32.2 Å². The zero-order chi connectivity index (χ0) is 17.6. The van der Waals surface area contributed by atoms with E-state index in [9.17, 15) is 4.79 Å². The molecule has 0 bridgehead atoms. The predicted molar refractivity (Wildman–Crippen MR) is 100 cm³/mol. The lowest BCUT2D eigenvalue weighted by Crippen LogP contribution is -2.11. The number of ether oxygens (including phenoxy) is 1. The third-order valence-corrected chi connectivity index (χ3v) is 5.51. The molecule has 1 unspecified atom stereocenters. The highest BCUT2D eigenvalue weighted by Gasteiger charge is 2.36. The summed E-state index contributed by atoms with van der Waals surface area (Å²) in [4.78, 5) is 12.3. The van der Waals surface area contributed by atoms with Gasteiger partial charge < -0.3 is 9.30 Å². The highest BCUT2D eigenvalue weighted by molar-refractivity contribution is 6.35. The highest BCUT2D eigenvalue weighted by Crippen LogP contribution is 2.44. The molecule has 3 nitrogen and oxygen atoms in total. The second-order valence-electron chi connectivity index (χ2n) is 6.63. The summed E-state index contributed by atoms with van der Waals surface area (Å²) in [6.07, 6.45) is 1.67. The van der Waals surface area contributed by atoms with Crippen LogP contribution in [0.1, 0.15) is 34.7 Å². The number of carbonyl (C=O) groups is 1. The lowest BCUT2D eigenvalue weighted by molar-refractivity contribution is -0.142. The average molecular weight is 354 g/mol. The van der Waals surface area contributed by atoms with Gasteiger partial charge in [-0.15, -0.1) is 0 Å². The first-order chi connectivity index (χ1) is 12.1. The molecule has 3 aromatic rings. The van der Waals surface area contributed by atoms with Crippen LogP contribution in [0.15, 0.2) is 42.5 Å². The molecule has 1 aliphatic rings. The second-order valence-corrected chi connectivity index (χ2v) is 7.04. The van der Waals surface area contributed by atoms with Crippen LogP contribution in [0.25, 0.3) is 10.9 Å². The number of methoxy groups -OCH3 is 1. The summed E-state index contributed by atoms with van der Waals surface area (Å²) in [5.74, 6) is -0.353. The van der Waals surface area contributed by atoms with Crippen molar-refractivity contribution in [3.8, 4) is 0 Å². The molecular weight excluding hydrogens is 334 g/mol. The van der Waals surface area contributed by atoms with Crippen molar-refractivity contribution in [2.24, 2.45) is 0 Å². The first-order valence-electron chi connectivity index (χ1n) is 8.53. The maximum Gasteiger partial charge on any atom is 0.313 e. The van der Waals surface area contributed by atoms with Gasteiger partial charge in [0.2, 0.25) is 0 Å². The van der Waals surface area contributed by atoms with Crippen molar-refractivity contribution < 1.29 is 9.53 Å². The van der Waals surface area contributed by atoms with E-state index < -0.39 is 0 Å². The molecule has 0 saturated carbocycles. The van der Waals surface area contributed by atoms with Gasteiger partial charge >= 0.3 is 5.97 Å². The molecular formula is C21H20ClNO2. The molecule has 0 spiro atoms. The maximum absolute atomic E-state index is 12.3. The number of esters is 1. The minimum atomic E-state index is -0.198. The van der Waals surface area contributed by atoms with Crippen LogP contribution in [-0.4, -0.2) is 17.6 Å². The van der Waals surface area contributed by atoms with Gasteiger partial charge in [-0.05, 0) is 42.5 Å². The molecule has 1 aliphatic carbocycles. The Morgan fingerprint density at radius 2 is 2.00 bits per heavy atom. The Balaban J connectivity index is 1.98. The molecule has 0 amide bonds. The second kappa shape index (κ2) is 6.23. The fourth-order valence-corrected chi connectivity index (χ4v) is 4.34. The van der Waals surface area contributed by atoms with E-state index in [2.05, 4.69) is 23.6 Å². The first kappa shape index (κ1) is 16.2. The number of rotatable bonds is 3. The largest absolute Gasteiger partial charge is 0.469 e. The molecule has 0 fully saturated rings. The Labute approximate surface area is 152 Å². The van der Waals surface area contributed by atoms with Gasteiger partial charge in [-0.25, -0.2) is 0 Å². The van der Waals surface area contributed by atoms with Crippen LogP contribution < -0.4 is 0 Å². The maximum atomic E-state index is 12.3. The van der Waals surface area contributed by atoms with Crippen LogP contribution in [0.3, 0.4) is 0 Å². The van der Waals surface area contributed by atoms with Crippen molar-refractivity contribution in [1.82, 2.24) is 4.57 Å². The van der Waals surface area contributed by atoms with E-state index in [-0.39, 0.29) is 11.9 Å². The third-order valence-electron chi connectivity index (χ3n) is 5.20. The van der Waals surface area contributed by atoms with Gasteiger partial charge in [0.15, 0.2) is 0 Å². The molecule has 1 atom stereocenters. The Kier molecular flexibility index (Phi) is 4.04. The van der Waals surface area contributed by atoms with Crippen molar-refractivity contribution in [3.05, 3.63) is 69.9 Å². The Morgan fingerprint density at radius 3 is 2.72 bits per heavy atom. The van der Waals surface area contributed by atoms with Gasteiger partial charge in [0.1, 0.15) is 0 Å². The summed E-state index contributed by atoms with van der Waals surface area (Å²) in [5.41, 5.74) is 5.73. The van der Waals surface area contributed by atoms with Crippen molar-refractivity contribution >= 4 is 28.5 Å². The van der Waals surface area contributed by atoms with Gasteiger partial charge in [0, 0.05) is 17.6 Å². The normalized spacial score (nSPS) is 16.2. The summed E-state index contributed by atoms with van der Waals surface area (Å²) in [6, 6.07) is 14.3. The number of benzene rings is 2. The van der Waals surface area contributed by atoms with Crippen molar-refractivity contribution in [2.75, 3.05) is 7.11 Å². The molecule has 25 heavy (non-hydrogen) atoms. The van der Waals surface area contributed by atoms with Crippen LogP contribution in [-0.2, 0) is 22.5 Å². The lowest BCUT2D eigenvalue weighted by Gasteiger charge is -2.12. The summed E-state index contributed by atoms with van der Waals surface area (Å²) in [5, 5.41) is 1.85. The monoisotopic (exact) mass is 353 g/mol. The average Bonchev–Trinajstić information content (AvgIpc) is 3.18. The van der Waals surface area contributed by atoms with Crippen LogP contribution in [0.2, 0.25) is 5.02 Å². The number of hydrogen-bond acceptors (Lipinski definition) is 2. The minimum absolute atomic E-state index is 0.156. The van der Waals surface area contributed by atoms with Crippen molar-refractivity contribution in [1.29, 1.82) is 0 Å². The van der Waals surface area contributed by atoms with E-state index in [1.165, 1.54) is 18.4 Å². The molecule has 1 heterocycles. The number of aryl methyl sites for hydroxylation is 1. The van der Waals surface area contributed by atoms with Gasteiger partial charge in [0.05, 0.1) is 23.6 Å². The molecule has 2 aromatic carbocycles. The third kappa shape index (κ3) is 2.54. The number of fused-ring (bicyclic) bond motifs is 3. The quantitative estimate of drug-likeness (QED) is 0.630. The predicted octanol–water partition coefficient (Wildman–Crippen LogP) is 4.85. The standard InChI is InChI=1S/C21H20ClNO2/c1-13-8-10-16(22)20-18(13)19-15(21(24)25-2)9-11-17(19)23(20)12-14-6-4-3-5-7-14/h3-8,10,15H,9,11-12H2,1-2H3. The van der Waals surface area contributed by atoms with Gasteiger partial charge in [0.25, 0.3) is 0 Å². The fraction of sp³-hybridized carbons (Fsp3) is 0.286. The Bertz CT molecular complexity index is 959. The van der Waals surface area contributed by atoms with E-state index in [0.717, 1.165) is 46.4 Å². The number of carbonyl (C=O) groups excluding carboxylic acids is 1. The topological polar surface area (TPSA) is 31.2 Å². The van der Waals surface area contributed by atoms with Crippen LogP contribution >= 0.6 is 11.6 Å². The SMILES string of the molecule is COC(=O)C1CCc2c1c1c(C)ccc(Cl)c1n2Cc1ccccc1. The fourth-order valence-electron chi connectivity index (χ4n) is 4.08. The molecule has 1 aromatic heterocycles.